The Morgan fingerprint density at radius 1 is 1.26 bits per heavy atom. The molecule has 1 aliphatic rings. The van der Waals surface area contributed by atoms with Crippen LogP contribution in [0, 0.1) is 0 Å². The number of benzene rings is 1. The van der Waals surface area contributed by atoms with Gasteiger partial charge in [0.25, 0.3) is 0 Å². The Kier molecular flexibility index (Phi) is 5.31. The second-order valence-corrected chi connectivity index (χ2v) is 8.31. The lowest BCUT2D eigenvalue weighted by atomic mass is 10.2. The van der Waals surface area contributed by atoms with Crippen molar-refractivity contribution >= 4 is 38.9 Å². The van der Waals surface area contributed by atoms with E-state index in [-0.39, 0.29) is 35.9 Å². The monoisotopic (exact) mass is 358 g/mol. The first-order valence-electron chi connectivity index (χ1n) is 7.19. The molecule has 1 heterocycles. The third-order valence-corrected chi connectivity index (χ3v) is 5.96. The van der Waals surface area contributed by atoms with Crippen LogP contribution in [0.5, 0.6) is 0 Å². The van der Waals surface area contributed by atoms with Gasteiger partial charge in [0, 0.05) is 30.7 Å². The van der Waals surface area contributed by atoms with Gasteiger partial charge in [-0.15, -0.1) is 0 Å². The average Bonchev–Trinajstić information content (AvgIpc) is 2.84. The summed E-state index contributed by atoms with van der Waals surface area (Å²) in [6.45, 7) is 1.24. The van der Waals surface area contributed by atoms with E-state index in [1.54, 1.807) is 31.3 Å². The minimum atomic E-state index is -3.06. The molecule has 0 aliphatic carbocycles. The predicted octanol–water partition coefficient (Wildman–Crippen LogP) is 1.34. The summed E-state index contributed by atoms with van der Waals surface area (Å²) in [5, 5.41) is 0.539. The fourth-order valence-electron chi connectivity index (χ4n) is 2.54. The Morgan fingerprint density at radius 2 is 1.87 bits per heavy atom. The molecule has 1 saturated heterocycles. The summed E-state index contributed by atoms with van der Waals surface area (Å²) >= 11 is 5.83. The highest BCUT2D eigenvalue weighted by Crippen LogP contribution is 2.20. The van der Waals surface area contributed by atoms with Crippen LogP contribution in [-0.4, -0.2) is 56.3 Å². The van der Waals surface area contributed by atoms with E-state index in [0.29, 0.717) is 17.1 Å². The highest BCUT2D eigenvalue weighted by Gasteiger charge is 2.33. The molecule has 0 bridgehead atoms. The molecule has 23 heavy (non-hydrogen) atoms. The Hall–Kier alpha value is -1.60. The van der Waals surface area contributed by atoms with Gasteiger partial charge in [0.1, 0.15) is 6.54 Å². The standard InChI is InChI=1S/C15H19ClN2O4S/c1-11(19)18(13-5-3-12(16)4-6-13)9-15(20)17(2)14-7-8-23(21,22)10-14/h3-6,14H,7-10H2,1-2H3. The molecule has 1 aromatic carbocycles. The predicted molar refractivity (Wildman–Crippen MR) is 89.3 cm³/mol. The number of carbonyl (C=O) groups excluding carboxylic acids is 2. The summed E-state index contributed by atoms with van der Waals surface area (Å²) in [6.07, 6.45) is 0.436. The van der Waals surface area contributed by atoms with E-state index in [2.05, 4.69) is 0 Å². The fourth-order valence-corrected chi connectivity index (χ4v) is 4.44. The van der Waals surface area contributed by atoms with Crippen LogP contribution in [0.1, 0.15) is 13.3 Å². The highest BCUT2D eigenvalue weighted by molar-refractivity contribution is 7.91. The van der Waals surface area contributed by atoms with Crippen LogP contribution in [0.2, 0.25) is 5.02 Å². The third-order valence-electron chi connectivity index (χ3n) is 3.96. The number of nitrogens with zero attached hydrogens (tertiary/aromatic N) is 2. The molecular weight excluding hydrogens is 340 g/mol. The van der Waals surface area contributed by atoms with Gasteiger partial charge in [-0.2, -0.15) is 0 Å². The summed E-state index contributed by atoms with van der Waals surface area (Å²) in [5.74, 6) is -0.482. The summed E-state index contributed by atoms with van der Waals surface area (Å²) in [7, 11) is -1.49. The topological polar surface area (TPSA) is 74.8 Å². The van der Waals surface area contributed by atoms with Gasteiger partial charge in [-0.05, 0) is 30.7 Å². The van der Waals surface area contributed by atoms with Gasteiger partial charge in [-0.1, -0.05) is 11.6 Å². The van der Waals surface area contributed by atoms with Gasteiger partial charge in [-0.25, -0.2) is 8.42 Å². The molecule has 0 N–H and O–H groups in total. The molecule has 8 heteroatoms. The molecule has 1 fully saturated rings. The van der Waals surface area contributed by atoms with Crippen LogP contribution in [0.15, 0.2) is 24.3 Å². The molecular formula is C15H19ClN2O4S. The summed E-state index contributed by atoms with van der Waals surface area (Å²) in [5.41, 5.74) is 0.572. The molecule has 2 rings (SSSR count). The maximum Gasteiger partial charge on any atom is 0.242 e. The van der Waals surface area contributed by atoms with Crippen molar-refractivity contribution < 1.29 is 18.0 Å². The van der Waals surface area contributed by atoms with Crippen LogP contribution in [0.25, 0.3) is 0 Å². The van der Waals surface area contributed by atoms with Gasteiger partial charge in [-0.3, -0.25) is 9.59 Å². The number of hydrogen-bond donors (Lipinski definition) is 0. The minimum Gasteiger partial charge on any atom is -0.340 e. The van der Waals surface area contributed by atoms with E-state index >= 15 is 0 Å². The van der Waals surface area contributed by atoms with E-state index in [1.165, 1.54) is 16.7 Å². The van der Waals surface area contributed by atoms with E-state index in [1.807, 2.05) is 0 Å². The largest absolute Gasteiger partial charge is 0.340 e. The van der Waals surface area contributed by atoms with Crippen LogP contribution in [0.3, 0.4) is 0 Å². The van der Waals surface area contributed by atoms with Gasteiger partial charge < -0.3 is 9.80 Å². The minimum absolute atomic E-state index is 0.0176. The lowest BCUT2D eigenvalue weighted by Gasteiger charge is -2.27. The number of anilines is 1. The van der Waals surface area contributed by atoms with Crippen molar-refractivity contribution in [2.75, 3.05) is 30.0 Å². The quantitative estimate of drug-likeness (QED) is 0.814. The zero-order chi connectivity index (χ0) is 17.2. The Labute approximate surface area is 140 Å². The number of halogens is 1. The molecule has 2 amide bonds. The first-order chi connectivity index (χ1) is 10.7. The number of likely N-dealkylation sites (N-methyl/N-ethyl adjacent to an activating group) is 1. The van der Waals surface area contributed by atoms with Crippen molar-refractivity contribution in [3.05, 3.63) is 29.3 Å². The van der Waals surface area contributed by atoms with Crippen LogP contribution >= 0.6 is 11.6 Å². The van der Waals surface area contributed by atoms with Crippen molar-refractivity contribution in [3.63, 3.8) is 0 Å². The molecule has 0 saturated carbocycles. The van der Waals surface area contributed by atoms with Gasteiger partial charge >= 0.3 is 0 Å². The maximum absolute atomic E-state index is 12.4. The van der Waals surface area contributed by atoms with Crippen LogP contribution in [0.4, 0.5) is 5.69 Å². The van der Waals surface area contributed by atoms with Crippen molar-refractivity contribution in [1.29, 1.82) is 0 Å². The van der Waals surface area contributed by atoms with Crippen LogP contribution < -0.4 is 4.90 Å². The SMILES string of the molecule is CC(=O)N(CC(=O)N(C)C1CCS(=O)(=O)C1)c1ccc(Cl)cc1. The van der Waals surface area contributed by atoms with Crippen LogP contribution in [-0.2, 0) is 19.4 Å². The van der Waals surface area contributed by atoms with Gasteiger partial charge in [0.2, 0.25) is 11.8 Å². The van der Waals surface area contributed by atoms with E-state index in [0.717, 1.165) is 0 Å². The van der Waals surface area contributed by atoms with E-state index in [4.69, 9.17) is 11.6 Å². The highest BCUT2D eigenvalue weighted by atomic mass is 35.5. The zero-order valence-electron chi connectivity index (χ0n) is 13.0. The number of amides is 2. The molecule has 1 aromatic rings. The normalized spacial score (nSPS) is 19.3. The molecule has 1 atom stereocenters. The van der Waals surface area contributed by atoms with Crippen molar-refractivity contribution in [2.45, 2.75) is 19.4 Å². The summed E-state index contributed by atoms with van der Waals surface area (Å²) in [4.78, 5) is 27.0. The van der Waals surface area contributed by atoms with Crippen molar-refractivity contribution in [2.24, 2.45) is 0 Å². The number of carbonyl (C=O) groups is 2. The smallest absolute Gasteiger partial charge is 0.242 e. The van der Waals surface area contributed by atoms with E-state index in [9.17, 15) is 18.0 Å². The summed E-state index contributed by atoms with van der Waals surface area (Å²) < 4.78 is 23.1. The van der Waals surface area contributed by atoms with Gasteiger partial charge in [0.05, 0.1) is 11.5 Å². The number of hydrogen-bond acceptors (Lipinski definition) is 4. The van der Waals surface area contributed by atoms with E-state index < -0.39 is 9.84 Å². The molecule has 6 nitrogen and oxygen atoms in total. The van der Waals surface area contributed by atoms with Crippen molar-refractivity contribution in [1.82, 2.24) is 4.90 Å². The molecule has 126 valence electrons. The van der Waals surface area contributed by atoms with Crippen molar-refractivity contribution in [3.8, 4) is 0 Å². The Morgan fingerprint density at radius 3 is 2.35 bits per heavy atom. The Balaban J connectivity index is 2.09. The lowest BCUT2D eigenvalue weighted by Crippen LogP contribution is -2.45. The molecule has 0 aromatic heterocycles. The number of rotatable bonds is 4. The lowest BCUT2D eigenvalue weighted by molar-refractivity contribution is -0.131. The second kappa shape index (κ2) is 6.88. The molecule has 0 spiro atoms. The molecule has 1 unspecified atom stereocenters. The molecule has 1 aliphatic heterocycles. The fraction of sp³-hybridized carbons (Fsp3) is 0.467. The third kappa shape index (κ3) is 4.45. The first-order valence-corrected chi connectivity index (χ1v) is 9.39. The average molecular weight is 359 g/mol. The number of sulfone groups is 1. The maximum atomic E-state index is 12.4. The second-order valence-electron chi connectivity index (χ2n) is 5.64. The zero-order valence-corrected chi connectivity index (χ0v) is 14.6. The first kappa shape index (κ1) is 17.7. The Bertz CT molecular complexity index is 703. The van der Waals surface area contributed by atoms with Gasteiger partial charge in [0.15, 0.2) is 9.84 Å². The molecule has 0 radical (unpaired) electrons. The summed E-state index contributed by atoms with van der Waals surface area (Å²) in [6, 6.07) is 6.29.